The fourth-order valence-electron chi connectivity index (χ4n) is 2.70. The second-order valence-electron chi connectivity index (χ2n) is 5.51. The first-order chi connectivity index (χ1) is 12.1. The minimum absolute atomic E-state index is 0.166. The molecule has 0 fully saturated rings. The van der Waals surface area contributed by atoms with Crippen LogP contribution in [-0.2, 0) is 9.53 Å². The third-order valence-corrected chi connectivity index (χ3v) is 3.86. The molecule has 0 bridgehead atoms. The number of ether oxygens (including phenoxy) is 2. The summed E-state index contributed by atoms with van der Waals surface area (Å²) in [6, 6.07) is 14.5. The Morgan fingerprint density at radius 1 is 1.12 bits per heavy atom. The van der Waals surface area contributed by atoms with Crippen LogP contribution in [0.5, 0.6) is 5.75 Å². The molecule has 0 aliphatic heterocycles. The molecule has 5 nitrogen and oxygen atoms in total. The Balaban J connectivity index is 2.01. The van der Waals surface area contributed by atoms with E-state index in [2.05, 4.69) is 0 Å². The van der Waals surface area contributed by atoms with E-state index in [4.69, 9.17) is 13.9 Å². The average molecular weight is 338 g/mol. The summed E-state index contributed by atoms with van der Waals surface area (Å²) in [7, 11) is 0. The maximum Gasteiger partial charge on any atom is 0.344 e. The van der Waals surface area contributed by atoms with Gasteiger partial charge in [0.05, 0.1) is 12.2 Å². The quantitative estimate of drug-likeness (QED) is 0.524. The number of carbonyl (C=O) groups is 1. The number of hydrogen-bond donors (Lipinski definition) is 0. The molecule has 0 aliphatic rings. The van der Waals surface area contributed by atoms with Gasteiger partial charge in [-0.15, -0.1) is 0 Å². The number of fused-ring (bicyclic) bond motifs is 1. The molecule has 1 aromatic heterocycles. The van der Waals surface area contributed by atoms with Crippen molar-refractivity contribution in [3.8, 4) is 16.9 Å². The van der Waals surface area contributed by atoms with E-state index in [1.54, 1.807) is 25.1 Å². The lowest BCUT2D eigenvalue weighted by molar-refractivity contribution is -0.145. The molecular weight excluding hydrogens is 320 g/mol. The number of aryl methyl sites for hydroxylation is 1. The van der Waals surface area contributed by atoms with Crippen LogP contribution in [0.3, 0.4) is 0 Å². The third-order valence-electron chi connectivity index (χ3n) is 3.86. The summed E-state index contributed by atoms with van der Waals surface area (Å²) in [5.41, 5.74) is 2.23. The first kappa shape index (κ1) is 16.8. The normalized spacial score (nSPS) is 10.6. The molecule has 0 radical (unpaired) electrons. The van der Waals surface area contributed by atoms with Crippen LogP contribution in [0.25, 0.3) is 22.1 Å². The molecule has 0 aliphatic carbocycles. The molecular formula is C20H18O5. The fraction of sp³-hybridized carbons (Fsp3) is 0.200. The average Bonchev–Trinajstić information content (AvgIpc) is 2.61. The van der Waals surface area contributed by atoms with Crippen molar-refractivity contribution < 1.29 is 18.7 Å². The Kier molecular flexibility index (Phi) is 4.84. The van der Waals surface area contributed by atoms with E-state index in [1.165, 1.54) is 0 Å². The molecule has 0 atom stereocenters. The number of esters is 1. The van der Waals surface area contributed by atoms with Crippen molar-refractivity contribution in [3.63, 3.8) is 0 Å². The maximum atomic E-state index is 12.4. The molecule has 3 rings (SSSR count). The zero-order valence-electron chi connectivity index (χ0n) is 14.1. The van der Waals surface area contributed by atoms with Crippen molar-refractivity contribution >= 4 is 16.9 Å². The summed E-state index contributed by atoms with van der Waals surface area (Å²) in [4.78, 5) is 23.8. The number of carbonyl (C=O) groups excluding carboxylic acids is 1. The second kappa shape index (κ2) is 7.21. The van der Waals surface area contributed by atoms with Gasteiger partial charge in [0.25, 0.3) is 0 Å². The van der Waals surface area contributed by atoms with E-state index < -0.39 is 5.97 Å². The maximum absolute atomic E-state index is 12.4. The van der Waals surface area contributed by atoms with Crippen molar-refractivity contribution in [1.29, 1.82) is 0 Å². The van der Waals surface area contributed by atoms with E-state index in [-0.39, 0.29) is 12.2 Å². The van der Waals surface area contributed by atoms with Crippen molar-refractivity contribution in [1.82, 2.24) is 0 Å². The third kappa shape index (κ3) is 3.55. The van der Waals surface area contributed by atoms with Crippen molar-refractivity contribution in [2.45, 2.75) is 13.8 Å². The highest BCUT2D eigenvalue weighted by Gasteiger charge is 2.14. The van der Waals surface area contributed by atoms with Gasteiger partial charge < -0.3 is 13.9 Å². The minimum Gasteiger partial charge on any atom is -0.482 e. The highest BCUT2D eigenvalue weighted by atomic mass is 16.6. The zero-order valence-corrected chi connectivity index (χ0v) is 14.1. The number of hydrogen-bond acceptors (Lipinski definition) is 5. The monoisotopic (exact) mass is 338 g/mol. The van der Waals surface area contributed by atoms with E-state index in [1.807, 2.05) is 37.3 Å². The number of rotatable bonds is 5. The molecule has 25 heavy (non-hydrogen) atoms. The summed E-state index contributed by atoms with van der Waals surface area (Å²) >= 11 is 0. The molecule has 3 aromatic rings. The number of benzene rings is 2. The van der Waals surface area contributed by atoms with Crippen LogP contribution in [0, 0.1) is 6.92 Å². The fourth-order valence-corrected chi connectivity index (χ4v) is 2.70. The van der Waals surface area contributed by atoms with Crippen LogP contribution >= 0.6 is 0 Å². The van der Waals surface area contributed by atoms with Gasteiger partial charge in [0.2, 0.25) is 0 Å². The summed E-state index contributed by atoms with van der Waals surface area (Å²) in [6.07, 6.45) is 0. The van der Waals surface area contributed by atoms with Gasteiger partial charge in [-0.2, -0.15) is 0 Å². The molecule has 0 spiro atoms. The van der Waals surface area contributed by atoms with E-state index in [0.717, 1.165) is 16.5 Å². The highest BCUT2D eigenvalue weighted by Crippen LogP contribution is 2.29. The Morgan fingerprint density at radius 2 is 1.88 bits per heavy atom. The van der Waals surface area contributed by atoms with Crippen LogP contribution in [0.15, 0.2) is 57.7 Å². The molecule has 0 amide bonds. The topological polar surface area (TPSA) is 65.7 Å². The molecule has 1 heterocycles. The molecule has 128 valence electrons. The molecule has 0 saturated heterocycles. The lowest BCUT2D eigenvalue weighted by Gasteiger charge is -2.10. The molecule has 2 aromatic carbocycles. The van der Waals surface area contributed by atoms with Crippen LogP contribution in [0.2, 0.25) is 0 Å². The summed E-state index contributed by atoms with van der Waals surface area (Å²) < 4.78 is 15.8. The SMILES string of the molecule is CCOC(=O)COc1ccc2oc(=O)c(-c3ccccc3)c(C)c2c1. The second-order valence-corrected chi connectivity index (χ2v) is 5.51. The van der Waals surface area contributed by atoms with Gasteiger partial charge in [0.1, 0.15) is 11.3 Å². The first-order valence-electron chi connectivity index (χ1n) is 8.01. The van der Waals surface area contributed by atoms with Gasteiger partial charge in [-0.3, -0.25) is 0 Å². The molecule has 0 unspecified atom stereocenters. The predicted octanol–water partition coefficient (Wildman–Crippen LogP) is 3.71. The van der Waals surface area contributed by atoms with E-state index >= 15 is 0 Å². The highest BCUT2D eigenvalue weighted by molar-refractivity contribution is 5.87. The van der Waals surface area contributed by atoms with Crippen molar-refractivity contribution in [3.05, 3.63) is 64.5 Å². The Morgan fingerprint density at radius 3 is 2.60 bits per heavy atom. The van der Waals surface area contributed by atoms with Gasteiger partial charge in [0.15, 0.2) is 6.61 Å². The summed E-state index contributed by atoms with van der Waals surface area (Å²) in [6.45, 7) is 3.76. The van der Waals surface area contributed by atoms with Gasteiger partial charge in [0, 0.05) is 5.39 Å². The van der Waals surface area contributed by atoms with Crippen LogP contribution in [0.1, 0.15) is 12.5 Å². The summed E-state index contributed by atoms with van der Waals surface area (Å²) in [5, 5.41) is 0.764. The van der Waals surface area contributed by atoms with Crippen molar-refractivity contribution in [2.24, 2.45) is 0 Å². The summed E-state index contributed by atoms with van der Waals surface area (Å²) in [5.74, 6) is 0.0837. The predicted molar refractivity (Wildman–Crippen MR) is 94.8 cm³/mol. The van der Waals surface area contributed by atoms with Crippen LogP contribution in [-0.4, -0.2) is 19.2 Å². The lowest BCUT2D eigenvalue weighted by atomic mass is 9.99. The largest absolute Gasteiger partial charge is 0.482 e. The Labute approximate surface area is 144 Å². The van der Waals surface area contributed by atoms with Gasteiger partial charge in [-0.05, 0) is 43.2 Å². The van der Waals surface area contributed by atoms with Gasteiger partial charge in [-0.1, -0.05) is 30.3 Å². The van der Waals surface area contributed by atoms with E-state index in [9.17, 15) is 9.59 Å². The minimum atomic E-state index is -0.427. The first-order valence-corrected chi connectivity index (χ1v) is 8.01. The smallest absolute Gasteiger partial charge is 0.344 e. The van der Waals surface area contributed by atoms with Crippen molar-refractivity contribution in [2.75, 3.05) is 13.2 Å². The van der Waals surface area contributed by atoms with Crippen LogP contribution in [0.4, 0.5) is 0 Å². The van der Waals surface area contributed by atoms with Gasteiger partial charge in [-0.25, -0.2) is 9.59 Å². The lowest BCUT2D eigenvalue weighted by Crippen LogP contribution is -2.14. The molecule has 5 heteroatoms. The molecule has 0 N–H and O–H groups in total. The molecule has 0 saturated carbocycles. The van der Waals surface area contributed by atoms with Crippen LogP contribution < -0.4 is 10.4 Å². The Bertz CT molecular complexity index is 957. The van der Waals surface area contributed by atoms with E-state index in [0.29, 0.717) is 23.5 Å². The Hall–Kier alpha value is -3.08. The zero-order chi connectivity index (χ0) is 17.8. The standard InChI is InChI=1S/C20H18O5/c1-3-23-18(21)12-24-15-9-10-17-16(11-15)13(2)19(20(22)25-17)14-7-5-4-6-8-14/h4-11H,3,12H2,1-2H3. The van der Waals surface area contributed by atoms with Gasteiger partial charge >= 0.3 is 11.6 Å².